The third-order valence-electron chi connectivity index (χ3n) is 5.28. The third-order valence-corrected chi connectivity index (χ3v) is 5.28. The number of aromatic nitrogens is 2. The molecule has 1 heterocycles. The summed E-state index contributed by atoms with van der Waals surface area (Å²) in [6, 6.07) is 8.98. The minimum atomic E-state index is 0.161. The molecule has 1 saturated carbocycles. The monoisotopic (exact) mass is 321 g/mol. The number of benzene rings is 1. The van der Waals surface area contributed by atoms with E-state index in [1.165, 1.54) is 36.8 Å². The Kier molecular flexibility index (Phi) is 4.05. The van der Waals surface area contributed by atoms with Crippen molar-refractivity contribution in [2.24, 2.45) is 0 Å². The first-order chi connectivity index (χ1) is 11.7. The Morgan fingerprint density at radius 1 is 1.08 bits per heavy atom. The van der Waals surface area contributed by atoms with Gasteiger partial charge in [-0.1, -0.05) is 42.7 Å². The van der Waals surface area contributed by atoms with Gasteiger partial charge < -0.3 is 5.32 Å². The topological polar surface area (TPSA) is 54.9 Å². The number of Topliss-reactive ketones (excluding diaryl/α,β-unsaturated/α-hetero) is 1. The zero-order chi connectivity index (χ0) is 16.5. The van der Waals surface area contributed by atoms with Crippen molar-refractivity contribution in [1.82, 2.24) is 9.97 Å². The van der Waals surface area contributed by atoms with Gasteiger partial charge in [0, 0.05) is 18.7 Å². The maximum atomic E-state index is 12.5. The molecule has 4 nitrogen and oxygen atoms in total. The molecule has 0 spiro atoms. The van der Waals surface area contributed by atoms with Crippen molar-refractivity contribution in [2.75, 3.05) is 5.32 Å². The van der Waals surface area contributed by atoms with Gasteiger partial charge in [-0.15, -0.1) is 0 Å². The van der Waals surface area contributed by atoms with Crippen LogP contribution in [-0.4, -0.2) is 21.8 Å². The van der Waals surface area contributed by atoms with Gasteiger partial charge in [-0.2, -0.15) is 0 Å². The largest absolute Gasteiger partial charge is 0.351 e. The van der Waals surface area contributed by atoms with E-state index >= 15 is 0 Å². The number of hydrogen-bond donors (Lipinski definition) is 1. The van der Waals surface area contributed by atoms with Crippen LogP contribution in [0.15, 0.2) is 30.5 Å². The first kappa shape index (κ1) is 15.3. The maximum absolute atomic E-state index is 12.5. The molecule has 1 atom stereocenters. The number of carbonyl (C=O) groups is 1. The van der Waals surface area contributed by atoms with Gasteiger partial charge in [-0.05, 0) is 37.7 Å². The first-order valence-corrected chi connectivity index (χ1v) is 8.91. The molecule has 1 fully saturated rings. The summed E-state index contributed by atoms with van der Waals surface area (Å²) >= 11 is 0. The molecule has 4 heteroatoms. The number of anilines is 1. The van der Waals surface area contributed by atoms with Crippen molar-refractivity contribution >= 4 is 11.7 Å². The van der Waals surface area contributed by atoms with Crippen LogP contribution < -0.4 is 5.32 Å². The number of nitrogens with one attached hydrogen (secondary N) is 1. The fourth-order valence-corrected chi connectivity index (χ4v) is 3.84. The lowest BCUT2D eigenvalue weighted by Gasteiger charge is -2.24. The van der Waals surface area contributed by atoms with Crippen molar-refractivity contribution in [1.29, 1.82) is 0 Å². The Balaban J connectivity index is 1.57. The summed E-state index contributed by atoms with van der Waals surface area (Å²) < 4.78 is 0. The van der Waals surface area contributed by atoms with Crippen LogP contribution in [0.3, 0.4) is 0 Å². The highest BCUT2D eigenvalue weighted by Gasteiger charge is 2.28. The van der Waals surface area contributed by atoms with Crippen LogP contribution in [0.4, 0.5) is 5.95 Å². The van der Waals surface area contributed by atoms with Crippen LogP contribution in [0.2, 0.25) is 0 Å². The van der Waals surface area contributed by atoms with Gasteiger partial charge in [0.15, 0.2) is 5.78 Å². The lowest BCUT2D eigenvalue weighted by atomic mass is 9.82. The summed E-state index contributed by atoms with van der Waals surface area (Å²) in [6.45, 7) is 2.08. The predicted molar refractivity (Wildman–Crippen MR) is 94.5 cm³/mol. The van der Waals surface area contributed by atoms with Crippen LogP contribution in [-0.2, 0) is 6.42 Å². The summed E-state index contributed by atoms with van der Waals surface area (Å²) in [5, 5.41) is 3.43. The molecule has 0 radical (unpaired) electrons. The minimum absolute atomic E-state index is 0.161. The standard InChI is InChI=1S/C20H23N3O/c1-13-6-8-14(9-7-13)15-10-18-17(19(24)11-15)12-21-20(23-18)22-16-4-2-3-5-16/h6-9,12,15-16H,2-5,10-11H2,1H3,(H,21,22,23). The van der Waals surface area contributed by atoms with Gasteiger partial charge in [-0.25, -0.2) is 9.97 Å². The van der Waals surface area contributed by atoms with Gasteiger partial charge in [0.05, 0.1) is 11.3 Å². The van der Waals surface area contributed by atoms with Crippen LogP contribution in [0, 0.1) is 6.92 Å². The van der Waals surface area contributed by atoms with E-state index in [1.54, 1.807) is 6.20 Å². The number of fused-ring (bicyclic) bond motifs is 1. The number of hydrogen-bond acceptors (Lipinski definition) is 4. The molecule has 0 amide bonds. The normalized spacial score (nSPS) is 20.9. The van der Waals surface area contributed by atoms with Gasteiger partial charge in [-0.3, -0.25) is 4.79 Å². The van der Waals surface area contributed by atoms with Crippen LogP contribution in [0.25, 0.3) is 0 Å². The Hall–Kier alpha value is -2.23. The smallest absolute Gasteiger partial charge is 0.223 e. The zero-order valence-electron chi connectivity index (χ0n) is 14.1. The lowest BCUT2D eigenvalue weighted by Crippen LogP contribution is -2.23. The highest BCUT2D eigenvalue weighted by atomic mass is 16.1. The third kappa shape index (κ3) is 3.05. The summed E-state index contributed by atoms with van der Waals surface area (Å²) in [7, 11) is 0. The summed E-state index contributed by atoms with van der Waals surface area (Å²) in [4.78, 5) is 21.5. The van der Waals surface area contributed by atoms with Crippen molar-refractivity contribution in [3.63, 3.8) is 0 Å². The van der Waals surface area contributed by atoms with Crippen LogP contribution >= 0.6 is 0 Å². The van der Waals surface area contributed by atoms with E-state index in [1.807, 2.05) is 0 Å². The second-order valence-corrected chi connectivity index (χ2v) is 7.12. The molecule has 0 saturated heterocycles. The van der Waals surface area contributed by atoms with E-state index in [2.05, 4.69) is 46.5 Å². The molecule has 0 bridgehead atoms. The zero-order valence-corrected chi connectivity index (χ0v) is 14.1. The Morgan fingerprint density at radius 3 is 2.58 bits per heavy atom. The highest BCUT2D eigenvalue weighted by Crippen LogP contribution is 2.32. The van der Waals surface area contributed by atoms with Gasteiger partial charge >= 0.3 is 0 Å². The van der Waals surface area contributed by atoms with Crippen molar-refractivity contribution < 1.29 is 4.79 Å². The number of nitrogens with zero attached hydrogens (tertiary/aromatic N) is 2. The van der Waals surface area contributed by atoms with Crippen molar-refractivity contribution in [2.45, 2.75) is 57.4 Å². The fraction of sp³-hybridized carbons (Fsp3) is 0.450. The predicted octanol–water partition coefficient (Wildman–Crippen LogP) is 4.05. The van der Waals surface area contributed by atoms with E-state index < -0.39 is 0 Å². The molecule has 2 aliphatic rings. The average molecular weight is 321 g/mol. The fourth-order valence-electron chi connectivity index (χ4n) is 3.84. The summed E-state index contributed by atoms with van der Waals surface area (Å²) in [6.07, 6.45) is 8.00. The van der Waals surface area contributed by atoms with Crippen LogP contribution in [0.1, 0.15) is 65.2 Å². The second kappa shape index (κ2) is 6.34. The Labute approximate surface area is 142 Å². The van der Waals surface area contributed by atoms with E-state index in [-0.39, 0.29) is 11.7 Å². The molecule has 4 rings (SSSR count). The number of ketones is 1. The molecule has 1 unspecified atom stereocenters. The van der Waals surface area contributed by atoms with E-state index in [9.17, 15) is 4.79 Å². The number of rotatable bonds is 3. The molecule has 24 heavy (non-hydrogen) atoms. The van der Waals surface area contributed by atoms with Crippen molar-refractivity contribution in [3.8, 4) is 0 Å². The van der Waals surface area contributed by atoms with E-state index in [4.69, 9.17) is 0 Å². The average Bonchev–Trinajstić information content (AvgIpc) is 3.08. The van der Waals surface area contributed by atoms with Crippen molar-refractivity contribution in [3.05, 3.63) is 52.8 Å². The highest BCUT2D eigenvalue weighted by molar-refractivity contribution is 5.98. The quantitative estimate of drug-likeness (QED) is 0.926. The maximum Gasteiger partial charge on any atom is 0.223 e. The molecule has 2 aliphatic carbocycles. The van der Waals surface area contributed by atoms with Gasteiger partial charge in [0.1, 0.15) is 0 Å². The first-order valence-electron chi connectivity index (χ1n) is 8.91. The lowest BCUT2D eigenvalue weighted by molar-refractivity contribution is 0.0962. The minimum Gasteiger partial charge on any atom is -0.351 e. The molecular weight excluding hydrogens is 298 g/mol. The molecular formula is C20H23N3O. The second-order valence-electron chi connectivity index (χ2n) is 7.12. The molecule has 124 valence electrons. The van der Waals surface area contributed by atoms with Gasteiger partial charge in [0.2, 0.25) is 5.95 Å². The van der Waals surface area contributed by atoms with Gasteiger partial charge in [0.25, 0.3) is 0 Å². The molecule has 1 N–H and O–H groups in total. The van der Waals surface area contributed by atoms with E-state index in [0.29, 0.717) is 24.0 Å². The molecule has 0 aliphatic heterocycles. The Bertz CT molecular complexity index is 748. The SMILES string of the molecule is Cc1ccc(C2CC(=O)c3cnc(NC4CCCC4)nc3C2)cc1. The molecule has 1 aromatic carbocycles. The Morgan fingerprint density at radius 2 is 1.83 bits per heavy atom. The summed E-state index contributed by atoms with van der Waals surface area (Å²) in [5.41, 5.74) is 4.07. The number of aryl methyl sites for hydroxylation is 1. The van der Waals surface area contributed by atoms with E-state index in [0.717, 1.165) is 12.1 Å². The number of carbonyl (C=O) groups excluding carboxylic acids is 1. The molecule has 2 aromatic rings. The van der Waals surface area contributed by atoms with Crippen LogP contribution in [0.5, 0.6) is 0 Å². The summed E-state index contributed by atoms with van der Waals surface area (Å²) in [5.74, 6) is 1.06. The molecule has 1 aromatic heterocycles.